The molecule has 1 heterocycles. The van der Waals surface area contributed by atoms with E-state index in [1.165, 1.54) is 4.31 Å². The summed E-state index contributed by atoms with van der Waals surface area (Å²) in [7, 11) is 1.90. The number of aryl methyl sites for hydroxylation is 1. The molecule has 0 radical (unpaired) electrons. The molecule has 2 N–H and O–H groups in total. The standard InChI is InChI=1S/C9H18N4O2S2/c1-7-8(16-9(10)11-7)17(14,15)13(4)6-5-12(2)3/h5-6H2,1-4H3,(H2,10,11). The van der Waals surface area contributed by atoms with Gasteiger partial charge in [0.1, 0.15) is 0 Å². The van der Waals surface area contributed by atoms with Crippen LogP contribution in [0.4, 0.5) is 5.13 Å². The first-order valence-electron chi connectivity index (χ1n) is 5.09. The van der Waals surface area contributed by atoms with Crippen LogP contribution in [0.3, 0.4) is 0 Å². The lowest BCUT2D eigenvalue weighted by atomic mass is 10.6. The number of sulfonamides is 1. The van der Waals surface area contributed by atoms with Gasteiger partial charge in [0.15, 0.2) is 9.34 Å². The van der Waals surface area contributed by atoms with Gasteiger partial charge >= 0.3 is 0 Å². The van der Waals surface area contributed by atoms with Gasteiger partial charge in [-0.15, -0.1) is 0 Å². The van der Waals surface area contributed by atoms with Crippen LogP contribution in [0.5, 0.6) is 0 Å². The number of hydrogen-bond donors (Lipinski definition) is 1. The van der Waals surface area contributed by atoms with Crippen molar-refractivity contribution < 1.29 is 8.42 Å². The van der Waals surface area contributed by atoms with Gasteiger partial charge in [-0.2, -0.15) is 4.31 Å². The molecule has 1 aromatic heterocycles. The summed E-state index contributed by atoms with van der Waals surface area (Å²) in [5.74, 6) is 0. The maximum absolute atomic E-state index is 12.2. The number of nitrogens with two attached hydrogens (primary N) is 1. The summed E-state index contributed by atoms with van der Waals surface area (Å²) in [6.07, 6.45) is 0. The van der Waals surface area contributed by atoms with E-state index in [1.54, 1.807) is 14.0 Å². The molecule has 0 saturated carbocycles. The second-order valence-corrected chi connectivity index (χ2v) is 7.33. The molecule has 0 fully saturated rings. The predicted octanol–water partition coefficient (Wildman–Crippen LogP) is 0.216. The van der Waals surface area contributed by atoms with E-state index in [0.29, 0.717) is 18.8 Å². The van der Waals surface area contributed by atoms with E-state index in [0.717, 1.165) is 11.3 Å². The molecule has 0 aromatic carbocycles. The third-order valence-corrected chi connectivity index (χ3v) is 5.71. The molecule has 6 nitrogen and oxygen atoms in total. The molecule has 0 unspecified atom stereocenters. The molecule has 0 aliphatic carbocycles. The van der Waals surface area contributed by atoms with Crippen LogP contribution >= 0.6 is 11.3 Å². The zero-order valence-electron chi connectivity index (χ0n) is 10.5. The Labute approximate surface area is 106 Å². The number of rotatable bonds is 5. The Bertz CT molecular complexity index is 481. The fourth-order valence-electron chi connectivity index (χ4n) is 1.24. The Morgan fingerprint density at radius 1 is 1.29 bits per heavy atom. The van der Waals surface area contributed by atoms with Crippen molar-refractivity contribution in [1.82, 2.24) is 14.2 Å². The zero-order chi connectivity index (χ0) is 13.2. The lowest BCUT2D eigenvalue weighted by molar-refractivity contribution is 0.358. The Hall–Kier alpha value is -0.700. The molecule has 0 bridgehead atoms. The molecule has 0 atom stereocenters. The van der Waals surface area contributed by atoms with Crippen molar-refractivity contribution >= 4 is 26.5 Å². The molecule has 0 aliphatic heterocycles. The number of likely N-dealkylation sites (N-methyl/N-ethyl adjacent to an activating group) is 2. The van der Waals surface area contributed by atoms with Gasteiger partial charge in [-0.25, -0.2) is 13.4 Å². The van der Waals surface area contributed by atoms with Crippen molar-refractivity contribution in [2.45, 2.75) is 11.1 Å². The van der Waals surface area contributed by atoms with E-state index in [9.17, 15) is 8.42 Å². The number of nitrogens with zero attached hydrogens (tertiary/aromatic N) is 3. The average molecular weight is 278 g/mol. The maximum atomic E-state index is 12.2. The zero-order valence-corrected chi connectivity index (χ0v) is 12.1. The van der Waals surface area contributed by atoms with Gasteiger partial charge in [0, 0.05) is 20.1 Å². The lowest BCUT2D eigenvalue weighted by Gasteiger charge is -2.18. The van der Waals surface area contributed by atoms with E-state index in [1.807, 2.05) is 19.0 Å². The topological polar surface area (TPSA) is 79.5 Å². The summed E-state index contributed by atoms with van der Waals surface area (Å²) >= 11 is 1.01. The van der Waals surface area contributed by atoms with Crippen LogP contribution in [-0.4, -0.2) is 56.8 Å². The largest absolute Gasteiger partial charge is 0.375 e. The second kappa shape index (κ2) is 5.30. The molecule has 1 rings (SSSR count). The SMILES string of the molecule is Cc1nc(N)sc1S(=O)(=O)N(C)CCN(C)C. The van der Waals surface area contributed by atoms with Crippen LogP contribution in [0.1, 0.15) is 5.69 Å². The summed E-state index contributed by atoms with van der Waals surface area (Å²) < 4.78 is 26.0. The van der Waals surface area contributed by atoms with Gasteiger partial charge in [0.2, 0.25) is 0 Å². The first kappa shape index (κ1) is 14.4. The minimum atomic E-state index is -3.46. The van der Waals surface area contributed by atoms with Gasteiger partial charge in [-0.1, -0.05) is 11.3 Å². The molecule has 17 heavy (non-hydrogen) atoms. The summed E-state index contributed by atoms with van der Waals surface area (Å²) in [6.45, 7) is 2.76. The Balaban J connectivity index is 2.91. The van der Waals surface area contributed by atoms with Gasteiger partial charge in [0.25, 0.3) is 10.0 Å². The average Bonchev–Trinajstić information content (AvgIpc) is 2.54. The predicted molar refractivity (Wildman–Crippen MR) is 69.6 cm³/mol. The van der Waals surface area contributed by atoms with Crippen molar-refractivity contribution in [2.24, 2.45) is 0 Å². The summed E-state index contributed by atoms with van der Waals surface area (Å²) in [5.41, 5.74) is 5.98. The van der Waals surface area contributed by atoms with Crippen LogP contribution in [0.2, 0.25) is 0 Å². The highest BCUT2D eigenvalue weighted by Crippen LogP contribution is 2.27. The molecule has 0 saturated heterocycles. The first-order chi connectivity index (χ1) is 7.75. The van der Waals surface area contributed by atoms with Crippen molar-refractivity contribution in [3.63, 3.8) is 0 Å². The summed E-state index contributed by atoms with van der Waals surface area (Å²) in [4.78, 5) is 5.87. The highest BCUT2D eigenvalue weighted by molar-refractivity contribution is 7.91. The van der Waals surface area contributed by atoms with Gasteiger partial charge in [0.05, 0.1) is 5.69 Å². The van der Waals surface area contributed by atoms with E-state index in [4.69, 9.17) is 5.73 Å². The molecule has 98 valence electrons. The minimum Gasteiger partial charge on any atom is -0.375 e. The smallest absolute Gasteiger partial charge is 0.254 e. The molecular weight excluding hydrogens is 260 g/mol. The summed E-state index contributed by atoms with van der Waals surface area (Å²) in [6, 6.07) is 0. The normalized spacial score (nSPS) is 12.6. The first-order valence-corrected chi connectivity index (χ1v) is 7.34. The molecule has 0 aliphatic rings. The Morgan fingerprint density at radius 2 is 1.88 bits per heavy atom. The lowest BCUT2D eigenvalue weighted by Crippen LogP contribution is -2.33. The fraction of sp³-hybridized carbons (Fsp3) is 0.667. The van der Waals surface area contributed by atoms with Crippen LogP contribution in [0, 0.1) is 6.92 Å². The summed E-state index contributed by atoms with van der Waals surface area (Å²) in [5, 5.41) is 0.280. The molecule has 0 amide bonds. The van der Waals surface area contributed by atoms with Crippen molar-refractivity contribution in [3.8, 4) is 0 Å². The second-order valence-electron chi connectivity index (χ2n) is 4.05. The van der Waals surface area contributed by atoms with Gasteiger partial charge < -0.3 is 10.6 Å². The van der Waals surface area contributed by atoms with Gasteiger partial charge in [-0.05, 0) is 21.0 Å². The van der Waals surface area contributed by atoms with Crippen LogP contribution in [0.15, 0.2) is 4.21 Å². The maximum Gasteiger partial charge on any atom is 0.254 e. The number of anilines is 1. The van der Waals surface area contributed by atoms with Crippen molar-refractivity contribution in [3.05, 3.63) is 5.69 Å². The molecule has 0 spiro atoms. The van der Waals surface area contributed by atoms with Crippen LogP contribution < -0.4 is 5.73 Å². The molecular formula is C9H18N4O2S2. The van der Waals surface area contributed by atoms with E-state index < -0.39 is 10.0 Å². The quantitative estimate of drug-likeness (QED) is 0.833. The number of nitrogen functional groups attached to an aromatic ring is 1. The highest BCUT2D eigenvalue weighted by Gasteiger charge is 2.25. The highest BCUT2D eigenvalue weighted by atomic mass is 32.2. The van der Waals surface area contributed by atoms with E-state index in [-0.39, 0.29) is 9.34 Å². The van der Waals surface area contributed by atoms with Crippen molar-refractivity contribution in [1.29, 1.82) is 0 Å². The third kappa shape index (κ3) is 3.38. The number of aromatic nitrogens is 1. The third-order valence-electron chi connectivity index (χ3n) is 2.28. The van der Waals surface area contributed by atoms with E-state index in [2.05, 4.69) is 4.98 Å². The van der Waals surface area contributed by atoms with Crippen LogP contribution in [0.25, 0.3) is 0 Å². The molecule has 8 heteroatoms. The number of hydrogen-bond acceptors (Lipinski definition) is 6. The fourth-order valence-corrected chi connectivity index (χ4v) is 3.89. The minimum absolute atomic E-state index is 0.233. The van der Waals surface area contributed by atoms with Crippen molar-refractivity contribution in [2.75, 3.05) is 40.0 Å². The number of thiazole rings is 1. The van der Waals surface area contributed by atoms with Gasteiger partial charge in [-0.3, -0.25) is 0 Å². The Kier molecular flexibility index (Phi) is 4.48. The van der Waals surface area contributed by atoms with Crippen LogP contribution in [-0.2, 0) is 10.0 Å². The van der Waals surface area contributed by atoms with E-state index >= 15 is 0 Å². The Morgan fingerprint density at radius 3 is 2.29 bits per heavy atom. The monoisotopic (exact) mass is 278 g/mol. The molecule has 1 aromatic rings.